The average molecular weight is 473 g/mol. The molecule has 4 aromatic rings. The first-order valence-corrected chi connectivity index (χ1v) is 11.1. The van der Waals surface area contributed by atoms with Crippen LogP contribution in [0.1, 0.15) is 18.7 Å². The lowest BCUT2D eigenvalue weighted by Crippen LogP contribution is -2.38. The van der Waals surface area contributed by atoms with Crippen LogP contribution in [0.25, 0.3) is 22.4 Å². The fourth-order valence-corrected chi connectivity index (χ4v) is 3.73. The molecule has 0 aliphatic carbocycles. The van der Waals surface area contributed by atoms with Crippen LogP contribution in [0.4, 0.5) is 5.13 Å². The Bertz CT molecular complexity index is 1240. The minimum Gasteiger partial charge on any atom is -0.461 e. The molecule has 0 spiro atoms. The molecule has 1 aromatic carbocycles. The lowest BCUT2D eigenvalue weighted by molar-refractivity contribution is -0.126. The molecule has 4 rings (SSSR count). The van der Waals surface area contributed by atoms with Gasteiger partial charge < -0.3 is 9.47 Å². The van der Waals surface area contributed by atoms with Gasteiger partial charge in [-0.25, -0.2) is 9.97 Å². The number of aromatic amines is 1. The molecule has 9 nitrogen and oxygen atoms in total. The summed E-state index contributed by atoms with van der Waals surface area (Å²) in [4.78, 5) is 27.2. The summed E-state index contributed by atoms with van der Waals surface area (Å²) in [5.41, 5.74) is 1.10. The molecule has 1 amide bonds. The van der Waals surface area contributed by atoms with Crippen molar-refractivity contribution < 1.29 is 14.3 Å². The number of benzene rings is 1. The molecule has 0 fully saturated rings. The van der Waals surface area contributed by atoms with E-state index < -0.39 is 12.0 Å². The van der Waals surface area contributed by atoms with Crippen molar-refractivity contribution in [1.29, 1.82) is 0 Å². The van der Waals surface area contributed by atoms with E-state index in [1.54, 1.807) is 24.5 Å². The van der Waals surface area contributed by atoms with Crippen LogP contribution >= 0.6 is 22.9 Å². The van der Waals surface area contributed by atoms with Crippen LogP contribution in [0.3, 0.4) is 0 Å². The maximum Gasteiger partial charge on any atom is 0.269 e. The number of anilines is 1. The third-order valence-corrected chi connectivity index (χ3v) is 5.53. The van der Waals surface area contributed by atoms with Crippen LogP contribution in [0.15, 0.2) is 36.7 Å². The summed E-state index contributed by atoms with van der Waals surface area (Å²) in [6, 6.07) is 7.22. The Morgan fingerprint density at radius 3 is 2.78 bits per heavy atom. The fourth-order valence-electron chi connectivity index (χ4n) is 2.84. The van der Waals surface area contributed by atoms with Gasteiger partial charge >= 0.3 is 0 Å². The van der Waals surface area contributed by atoms with E-state index in [1.165, 1.54) is 11.3 Å². The first-order valence-electron chi connectivity index (χ1n) is 9.88. The van der Waals surface area contributed by atoms with Gasteiger partial charge in [0.1, 0.15) is 5.39 Å². The van der Waals surface area contributed by atoms with E-state index in [1.807, 2.05) is 32.9 Å². The highest BCUT2D eigenvalue weighted by Crippen LogP contribution is 2.30. The number of hydrogen-bond acceptors (Lipinski definition) is 8. The molecule has 166 valence electrons. The molecule has 3 heterocycles. The smallest absolute Gasteiger partial charge is 0.269 e. The van der Waals surface area contributed by atoms with Crippen LogP contribution < -0.4 is 10.1 Å². The molecule has 0 saturated carbocycles. The van der Waals surface area contributed by atoms with Crippen LogP contribution in [0, 0.1) is 6.92 Å². The van der Waals surface area contributed by atoms with Gasteiger partial charge in [-0.3, -0.25) is 15.2 Å². The minimum atomic E-state index is -0.978. The van der Waals surface area contributed by atoms with Crippen molar-refractivity contribution in [3.05, 3.63) is 46.6 Å². The van der Waals surface area contributed by atoms with E-state index in [4.69, 9.17) is 21.1 Å². The number of hydrogen-bond donors (Lipinski definition) is 2. The van der Waals surface area contributed by atoms with Crippen molar-refractivity contribution in [2.45, 2.75) is 33.0 Å². The predicted octanol–water partition coefficient (Wildman–Crippen LogP) is 4.25. The van der Waals surface area contributed by atoms with E-state index in [-0.39, 0.29) is 18.6 Å². The molecule has 1 atom stereocenters. The number of aromatic nitrogens is 5. The Morgan fingerprint density at radius 1 is 1.25 bits per heavy atom. The number of H-pyrrole nitrogens is 1. The second kappa shape index (κ2) is 9.60. The number of carbonyl (C=O) groups is 1. The zero-order valence-electron chi connectivity index (χ0n) is 17.6. The number of nitrogens with one attached hydrogen (secondary N) is 2. The van der Waals surface area contributed by atoms with Gasteiger partial charge in [0.2, 0.25) is 12.0 Å². The average Bonchev–Trinajstić information content (AvgIpc) is 3.39. The molecular formula is C21H21ClN6O3S. The number of aryl methyl sites for hydroxylation is 1. The summed E-state index contributed by atoms with van der Waals surface area (Å²) in [7, 11) is 0. The third-order valence-electron chi connectivity index (χ3n) is 4.37. The Kier molecular flexibility index (Phi) is 6.63. The fraction of sp³-hybridized carbons (Fsp3) is 0.286. The zero-order chi connectivity index (χ0) is 22.7. The second-order valence-corrected chi connectivity index (χ2v) is 8.86. The number of amides is 1. The summed E-state index contributed by atoms with van der Waals surface area (Å²) in [5, 5.41) is 11.2. The Morgan fingerprint density at radius 2 is 2.06 bits per heavy atom. The SMILES string of the molecule is Cc1cnc(NC(=O)[C@H](COC(C)C)Oc2nc(-c3ccccc3Cl)nc3[nH]ncc23)s1. The van der Waals surface area contributed by atoms with Crippen molar-refractivity contribution in [3.63, 3.8) is 0 Å². The van der Waals surface area contributed by atoms with Gasteiger partial charge in [0.25, 0.3) is 5.91 Å². The minimum absolute atomic E-state index is 0.0264. The van der Waals surface area contributed by atoms with Crippen molar-refractivity contribution in [1.82, 2.24) is 25.1 Å². The topological polar surface area (TPSA) is 115 Å². The first-order chi connectivity index (χ1) is 15.4. The number of halogens is 1. The molecule has 0 unspecified atom stereocenters. The maximum absolute atomic E-state index is 13.0. The standard InChI is InChI=1S/C21H21ClN6O3S/c1-11(2)30-10-16(19(29)27-21-23-8-12(3)32-21)31-20-14-9-24-28-18(14)25-17(26-20)13-6-4-5-7-15(13)22/h4-9,11,16H,10H2,1-3H3,(H,23,27,29)(H,24,25,26,28)/t16-/m0/s1. The lowest BCUT2D eigenvalue weighted by Gasteiger charge is -2.19. The molecule has 2 N–H and O–H groups in total. The van der Waals surface area contributed by atoms with Gasteiger partial charge in [-0.1, -0.05) is 23.7 Å². The van der Waals surface area contributed by atoms with E-state index >= 15 is 0 Å². The summed E-state index contributed by atoms with van der Waals surface area (Å²) in [6.07, 6.45) is 2.17. The number of fused-ring (bicyclic) bond motifs is 1. The Hall–Kier alpha value is -3.08. The summed E-state index contributed by atoms with van der Waals surface area (Å²) in [6.45, 7) is 5.70. The van der Waals surface area contributed by atoms with Gasteiger partial charge in [-0.05, 0) is 32.9 Å². The van der Waals surface area contributed by atoms with E-state index in [0.29, 0.717) is 32.6 Å². The molecule has 3 aromatic heterocycles. The summed E-state index contributed by atoms with van der Waals surface area (Å²) >= 11 is 7.71. The maximum atomic E-state index is 13.0. The first kappa shape index (κ1) is 22.1. The quantitative estimate of drug-likeness (QED) is 0.394. The highest BCUT2D eigenvalue weighted by molar-refractivity contribution is 7.15. The van der Waals surface area contributed by atoms with E-state index in [2.05, 4.69) is 30.5 Å². The molecule has 11 heteroatoms. The number of carbonyl (C=O) groups excluding carboxylic acids is 1. The third kappa shape index (κ3) is 5.04. The van der Waals surface area contributed by atoms with Gasteiger partial charge in [-0.15, -0.1) is 11.3 Å². The monoisotopic (exact) mass is 472 g/mol. The summed E-state index contributed by atoms with van der Waals surface area (Å²) < 4.78 is 11.7. The molecule has 0 radical (unpaired) electrons. The predicted molar refractivity (Wildman–Crippen MR) is 123 cm³/mol. The highest BCUT2D eigenvalue weighted by atomic mass is 35.5. The number of nitrogens with zero attached hydrogens (tertiary/aromatic N) is 4. The summed E-state index contributed by atoms with van der Waals surface area (Å²) in [5.74, 6) is 0.151. The van der Waals surface area contributed by atoms with Crippen LogP contribution in [-0.2, 0) is 9.53 Å². The van der Waals surface area contributed by atoms with E-state index in [9.17, 15) is 4.79 Å². The molecule has 0 bridgehead atoms. The van der Waals surface area contributed by atoms with Crippen molar-refractivity contribution >= 4 is 45.0 Å². The molecule has 0 aliphatic rings. The van der Waals surface area contributed by atoms with Crippen molar-refractivity contribution in [2.75, 3.05) is 11.9 Å². The van der Waals surface area contributed by atoms with E-state index in [0.717, 1.165) is 4.88 Å². The van der Waals surface area contributed by atoms with Crippen LogP contribution in [-0.4, -0.2) is 49.9 Å². The van der Waals surface area contributed by atoms with Crippen LogP contribution in [0.5, 0.6) is 5.88 Å². The van der Waals surface area contributed by atoms with Gasteiger partial charge in [0.05, 0.1) is 23.9 Å². The molecule has 32 heavy (non-hydrogen) atoms. The molecule has 0 aliphatic heterocycles. The van der Waals surface area contributed by atoms with Crippen molar-refractivity contribution in [2.24, 2.45) is 0 Å². The van der Waals surface area contributed by atoms with Gasteiger partial charge in [-0.2, -0.15) is 10.1 Å². The zero-order valence-corrected chi connectivity index (χ0v) is 19.2. The highest BCUT2D eigenvalue weighted by Gasteiger charge is 2.25. The van der Waals surface area contributed by atoms with Crippen LogP contribution in [0.2, 0.25) is 5.02 Å². The molecule has 0 saturated heterocycles. The largest absolute Gasteiger partial charge is 0.461 e. The Balaban J connectivity index is 1.67. The van der Waals surface area contributed by atoms with Gasteiger partial charge in [0.15, 0.2) is 16.6 Å². The number of thiazole rings is 1. The van der Waals surface area contributed by atoms with Gasteiger partial charge in [0, 0.05) is 16.6 Å². The Labute approximate surface area is 193 Å². The van der Waals surface area contributed by atoms with Crippen molar-refractivity contribution in [3.8, 4) is 17.3 Å². The normalized spacial score (nSPS) is 12.3. The number of rotatable bonds is 8. The number of ether oxygens (including phenoxy) is 2. The lowest BCUT2D eigenvalue weighted by atomic mass is 10.2. The molecular weight excluding hydrogens is 452 g/mol. The second-order valence-electron chi connectivity index (χ2n) is 7.22.